The summed E-state index contributed by atoms with van der Waals surface area (Å²) < 4.78 is 66.7. The standard InChI is InChI=1S/C16H12F5NO2/c17-12-5-11(6-13(18)7-12)15(23)22-8-10-1-3-14(4-2-10)24-9-16(19,20)21/h1-7H,8-9H2,(H,22,23). The molecule has 0 bridgehead atoms. The van der Waals surface area contributed by atoms with Crippen LogP contribution in [0.25, 0.3) is 0 Å². The van der Waals surface area contributed by atoms with Gasteiger partial charge in [-0.1, -0.05) is 12.1 Å². The van der Waals surface area contributed by atoms with Crippen LogP contribution < -0.4 is 10.1 Å². The summed E-state index contributed by atoms with van der Waals surface area (Å²) in [6, 6.07) is 8.04. The van der Waals surface area contributed by atoms with Crippen LogP contribution in [0, 0.1) is 11.6 Å². The fourth-order valence-electron chi connectivity index (χ4n) is 1.84. The molecule has 0 heterocycles. The number of halogens is 5. The molecular weight excluding hydrogens is 333 g/mol. The first-order chi connectivity index (χ1) is 11.2. The van der Waals surface area contributed by atoms with E-state index in [2.05, 4.69) is 10.1 Å². The Morgan fingerprint density at radius 2 is 1.58 bits per heavy atom. The van der Waals surface area contributed by atoms with Gasteiger partial charge in [-0.05, 0) is 29.8 Å². The number of amides is 1. The molecule has 0 unspecified atom stereocenters. The number of rotatable bonds is 5. The number of alkyl halides is 3. The van der Waals surface area contributed by atoms with Gasteiger partial charge in [-0.25, -0.2) is 8.78 Å². The third-order valence-electron chi connectivity index (χ3n) is 2.90. The van der Waals surface area contributed by atoms with E-state index in [0.29, 0.717) is 11.6 Å². The SMILES string of the molecule is O=C(NCc1ccc(OCC(F)(F)F)cc1)c1cc(F)cc(F)c1. The van der Waals surface area contributed by atoms with Crippen LogP contribution in [0.1, 0.15) is 15.9 Å². The monoisotopic (exact) mass is 345 g/mol. The molecule has 0 aromatic heterocycles. The van der Waals surface area contributed by atoms with Gasteiger partial charge in [-0.3, -0.25) is 4.79 Å². The van der Waals surface area contributed by atoms with Crippen LogP contribution in [0.4, 0.5) is 22.0 Å². The molecule has 24 heavy (non-hydrogen) atoms. The zero-order valence-electron chi connectivity index (χ0n) is 12.2. The van der Waals surface area contributed by atoms with Crippen molar-refractivity contribution in [1.82, 2.24) is 5.32 Å². The number of hydrogen-bond acceptors (Lipinski definition) is 2. The summed E-state index contributed by atoms with van der Waals surface area (Å²) in [5.74, 6) is -2.38. The predicted molar refractivity (Wildman–Crippen MR) is 75.5 cm³/mol. The fourth-order valence-corrected chi connectivity index (χ4v) is 1.84. The Kier molecular flexibility index (Phi) is 5.38. The maximum atomic E-state index is 13.0. The van der Waals surface area contributed by atoms with Gasteiger partial charge in [-0.15, -0.1) is 0 Å². The van der Waals surface area contributed by atoms with E-state index in [0.717, 1.165) is 12.1 Å². The third kappa shape index (κ3) is 5.53. The minimum Gasteiger partial charge on any atom is -0.484 e. The van der Waals surface area contributed by atoms with Crippen molar-refractivity contribution in [3.05, 3.63) is 65.2 Å². The Morgan fingerprint density at radius 1 is 1.00 bits per heavy atom. The average Bonchev–Trinajstić information content (AvgIpc) is 2.50. The van der Waals surface area contributed by atoms with Crippen LogP contribution in [0.3, 0.4) is 0 Å². The molecule has 128 valence electrons. The molecule has 8 heteroatoms. The first-order valence-corrected chi connectivity index (χ1v) is 6.76. The summed E-state index contributed by atoms with van der Waals surface area (Å²) in [7, 11) is 0. The first kappa shape index (κ1) is 17.7. The molecule has 0 radical (unpaired) electrons. The normalized spacial score (nSPS) is 11.2. The van der Waals surface area contributed by atoms with Crippen LogP contribution in [0.2, 0.25) is 0 Å². The summed E-state index contributed by atoms with van der Waals surface area (Å²) in [6.45, 7) is -1.36. The van der Waals surface area contributed by atoms with E-state index in [1.807, 2.05) is 0 Å². The van der Waals surface area contributed by atoms with Crippen LogP contribution in [-0.4, -0.2) is 18.7 Å². The maximum absolute atomic E-state index is 13.0. The maximum Gasteiger partial charge on any atom is 0.422 e. The Balaban J connectivity index is 1.91. The lowest BCUT2D eigenvalue weighted by molar-refractivity contribution is -0.153. The number of carbonyl (C=O) groups is 1. The molecule has 1 amide bonds. The molecule has 0 spiro atoms. The van der Waals surface area contributed by atoms with Crippen molar-refractivity contribution in [2.75, 3.05) is 6.61 Å². The number of benzene rings is 2. The summed E-state index contributed by atoms with van der Waals surface area (Å²) in [4.78, 5) is 11.8. The van der Waals surface area contributed by atoms with Crippen LogP contribution in [-0.2, 0) is 6.54 Å². The highest BCUT2D eigenvalue weighted by molar-refractivity contribution is 5.94. The van der Waals surface area contributed by atoms with E-state index >= 15 is 0 Å². The number of nitrogens with one attached hydrogen (secondary N) is 1. The molecule has 0 atom stereocenters. The van der Waals surface area contributed by atoms with Gasteiger partial charge in [0.15, 0.2) is 6.61 Å². The number of ether oxygens (including phenoxy) is 1. The largest absolute Gasteiger partial charge is 0.484 e. The predicted octanol–water partition coefficient (Wildman–Crippen LogP) is 3.84. The Labute approximate surface area is 134 Å². The Hall–Kier alpha value is -2.64. The summed E-state index contributed by atoms with van der Waals surface area (Å²) in [6.07, 6.45) is -4.42. The molecule has 2 rings (SSSR count). The van der Waals surface area contributed by atoms with Gasteiger partial charge in [0.2, 0.25) is 0 Å². The van der Waals surface area contributed by atoms with Crippen molar-refractivity contribution in [3.8, 4) is 5.75 Å². The zero-order chi connectivity index (χ0) is 17.7. The second-order valence-electron chi connectivity index (χ2n) is 4.89. The zero-order valence-corrected chi connectivity index (χ0v) is 12.2. The molecule has 0 fully saturated rings. The smallest absolute Gasteiger partial charge is 0.422 e. The van der Waals surface area contributed by atoms with Gasteiger partial charge in [0.1, 0.15) is 17.4 Å². The summed E-state index contributed by atoms with van der Waals surface area (Å²) in [5, 5.41) is 2.45. The van der Waals surface area contributed by atoms with E-state index in [4.69, 9.17) is 0 Å². The molecule has 0 aliphatic rings. The van der Waals surface area contributed by atoms with Crippen LogP contribution in [0.5, 0.6) is 5.75 Å². The number of carbonyl (C=O) groups excluding carboxylic acids is 1. The average molecular weight is 345 g/mol. The van der Waals surface area contributed by atoms with Gasteiger partial charge < -0.3 is 10.1 Å². The molecule has 0 saturated heterocycles. The second kappa shape index (κ2) is 7.29. The van der Waals surface area contributed by atoms with Crippen molar-refractivity contribution in [3.63, 3.8) is 0 Å². The Morgan fingerprint density at radius 3 is 2.12 bits per heavy atom. The highest BCUT2D eigenvalue weighted by Crippen LogP contribution is 2.19. The minimum atomic E-state index is -4.42. The van der Waals surface area contributed by atoms with E-state index in [1.165, 1.54) is 24.3 Å². The third-order valence-corrected chi connectivity index (χ3v) is 2.90. The van der Waals surface area contributed by atoms with E-state index < -0.39 is 30.3 Å². The first-order valence-electron chi connectivity index (χ1n) is 6.76. The van der Waals surface area contributed by atoms with Crippen molar-refractivity contribution >= 4 is 5.91 Å². The molecule has 3 nitrogen and oxygen atoms in total. The molecule has 2 aromatic rings. The van der Waals surface area contributed by atoms with Crippen molar-refractivity contribution in [2.24, 2.45) is 0 Å². The number of hydrogen-bond donors (Lipinski definition) is 1. The highest BCUT2D eigenvalue weighted by Gasteiger charge is 2.28. The summed E-state index contributed by atoms with van der Waals surface area (Å²) in [5.41, 5.74) is 0.414. The topological polar surface area (TPSA) is 38.3 Å². The van der Waals surface area contributed by atoms with Crippen molar-refractivity contribution in [1.29, 1.82) is 0 Å². The van der Waals surface area contributed by atoms with E-state index in [-0.39, 0.29) is 17.9 Å². The minimum absolute atomic E-state index is 0.0367. The molecule has 0 saturated carbocycles. The van der Waals surface area contributed by atoms with Gasteiger partial charge in [0.05, 0.1) is 0 Å². The van der Waals surface area contributed by atoms with Gasteiger partial charge in [0.25, 0.3) is 5.91 Å². The Bertz CT molecular complexity index is 693. The highest BCUT2D eigenvalue weighted by atomic mass is 19.4. The lowest BCUT2D eigenvalue weighted by Gasteiger charge is -2.10. The van der Waals surface area contributed by atoms with E-state index in [1.54, 1.807) is 0 Å². The molecule has 0 aliphatic heterocycles. The van der Waals surface area contributed by atoms with Crippen LogP contribution >= 0.6 is 0 Å². The quantitative estimate of drug-likeness (QED) is 0.837. The second-order valence-corrected chi connectivity index (χ2v) is 4.89. The molecular formula is C16H12F5NO2. The van der Waals surface area contributed by atoms with Gasteiger partial charge in [-0.2, -0.15) is 13.2 Å². The lowest BCUT2D eigenvalue weighted by Crippen LogP contribution is -2.23. The van der Waals surface area contributed by atoms with Crippen molar-refractivity contribution in [2.45, 2.75) is 12.7 Å². The van der Waals surface area contributed by atoms with Crippen LogP contribution in [0.15, 0.2) is 42.5 Å². The molecule has 0 aliphatic carbocycles. The lowest BCUT2D eigenvalue weighted by atomic mass is 10.2. The van der Waals surface area contributed by atoms with Gasteiger partial charge >= 0.3 is 6.18 Å². The van der Waals surface area contributed by atoms with Crippen molar-refractivity contribution < 1.29 is 31.5 Å². The summed E-state index contributed by atoms with van der Waals surface area (Å²) >= 11 is 0. The fraction of sp³-hybridized carbons (Fsp3) is 0.188. The molecule has 2 aromatic carbocycles. The molecule has 1 N–H and O–H groups in total. The van der Waals surface area contributed by atoms with E-state index in [9.17, 15) is 26.7 Å². The van der Waals surface area contributed by atoms with Gasteiger partial charge in [0, 0.05) is 18.2 Å².